The Hall–Kier alpha value is -2.42. The summed E-state index contributed by atoms with van der Waals surface area (Å²) in [6.45, 7) is 11.9. The smallest absolute Gasteiger partial charge is 0.143 e. The van der Waals surface area contributed by atoms with Crippen LogP contribution in [-0.4, -0.2) is 24.3 Å². The van der Waals surface area contributed by atoms with Crippen molar-refractivity contribution in [2.75, 3.05) is 18.0 Å². The minimum absolute atomic E-state index is 0.0851. The quantitative estimate of drug-likeness (QED) is 0.847. The van der Waals surface area contributed by atoms with Gasteiger partial charge in [-0.2, -0.15) is 0 Å². The zero-order valence-electron chi connectivity index (χ0n) is 14.7. The summed E-state index contributed by atoms with van der Waals surface area (Å²) < 4.78 is 6.22. The Kier molecular flexibility index (Phi) is 4.52. The molecule has 3 rings (SSSR count). The Balaban J connectivity index is 1.87. The van der Waals surface area contributed by atoms with Crippen LogP contribution in [0.5, 0.6) is 11.5 Å². The summed E-state index contributed by atoms with van der Waals surface area (Å²) in [6.07, 6.45) is 0.961. The minimum atomic E-state index is 0.0851. The molecule has 0 saturated carbocycles. The first-order valence-electron chi connectivity index (χ1n) is 8.37. The molecule has 0 saturated heterocycles. The maximum absolute atomic E-state index is 9.80. The van der Waals surface area contributed by atoms with Crippen molar-refractivity contribution in [3.63, 3.8) is 0 Å². The van der Waals surface area contributed by atoms with Crippen molar-refractivity contribution in [3.05, 3.63) is 65.2 Å². The van der Waals surface area contributed by atoms with Crippen molar-refractivity contribution in [1.29, 1.82) is 0 Å². The Morgan fingerprint density at radius 1 is 1.25 bits per heavy atom. The number of benzene rings is 2. The highest BCUT2D eigenvalue weighted by Gasteiger charge is 2.26. The molecule has 0 amide bonds. The topological polar surface area (TPSA) is 32.7 Å². The fourth-order valence-electron chi connectivity index (χ4n) is 3.26. The number of phenols is 1. The number of nitrogens with zero attached hydrogens (tertiary/aromatic N) is 1. The molecular weight excluding hydrogens is 298 g/mol. The molecule has 126 valence electrons. The van der Waals surface area contributed by atoms with Gasteiger partial charge in [0.2, 0.25) is 0 Å². The van der Waals surface area contributed by atoms with Crippen molar-refractivity contribution in [1.82, 2.24) is 0 Å². The van der Waals surface area contributed by atoms with Gasteiger partial charge in [0.25, 0.3) is 0 Å². The third-order valence-electron chi connectivity index (χ3n) is 4.41. The number of fused-ring (bicyclic) bond motifs is 1. The molecule has 3 heteroatoms. The van der Waals surface area contributed by atoms with E-state index in [1.807, 2.05) is 13.0 Å². The third-order valence-corrected chi connectivity index (χ3v) is 4.41. The summed E-state index contributed by atoms with van der Waals surface area (Å²) in [5.74, 6) is 1.09. The number of anilines is 1. The SMILES string of the molecule is C=C(C)CN1CC(Cc2cc(C)ccc2C)Oc2ccc(O)cc21. The van der Waals surface area contributed by atoms with E-state index < -0.39 is 0 Å². The largest absolute Gasteiger partial charge is 0.508 e. The van der Waals surface area contributed by atoms with Crippen LogP contribution in [0, 0.1) is 13.8 Å². The molecule has 0 fully saturated rings. The lowest BCUT2D eigenvalue weighted by atomic mass is 9.99. The van der Waals surface area contributed by atoms with Crippen LogP contribution in [0.1, 0.15) is 23.6 Å². The van der Waals surface area contributed by atoms with Gasteiger partial charge in [-0.25, -0.2) is 0 Å². The number of aryl methyl sites for hydroxylation is 2. The molecule has 2 aromatic carbocycles. The Labute approximate surface area is 144 Å². The number of phenolic OH excluding ortho intramolecular Hbond substituents is 1. The van der Waals surface area contributed by atoms with E-state index >= 15 is 0 Å². The van der Waals surface area contributed by atoms with Crippen molar-refractivity contribution < 1.29 is 9.84 Å². The zero-order chi connectivity index (χ0) is 17.3. The Morgan fingerprint density at radius 3 is 2.79 bits per heavy atom. The monoisotopic (exact) mass is 323 g/mol. The van der Waals surface area contributed by atoms with Crippen LogP contribution in [-0.2, 0) is 6.42 Å². The van der Waals surface area contributed by atoms with Gasteiger partial charge in [-0.1, -0.05) is 35.9 Å². The van der Waals surface area contributed by atoms with E-state index in [0.717, 1.165) is 36.5 Å². The van der Waals surface area contributed by atoms with Crippen molar-refractivity contribution in [3.8, 4) is 11.5 Å². The van der Waals surface area contributed by atoms with Crippen LogP contribution in [0.25, 0.3) is 0 Å². The number of hydrogen-bond donors (Lipinski definition) is 1. The molecule has 1 unspecified atom stereocenters. The molecule has 2 aromatic rings. The van der Waals surface area contributed by atoms with Crippen LogP contribution < -0.4 is 9.64 Å². The molecule has 0 bridgehead atoms. The lowest BCUT2D eigenvalue weighted by molar-refractivity contribution is 0.194. The fraction of sp³-hybridized carbons (Fsp3) is 0.333. The van der Waals surface area contributed by atoms with Gasteiger partial charge >= 0.3 is 0 Å². The van der Waals surface area contributed by atoms with E-state index in [9.17, 15) is 5.11 Å². The average molecular weight is 323 g/mol. The van der Waals surface area contributed by atoms with Crippen molar-refractivity contribution in [2.24, 2.45) is 0 Å². The van der Waals surface area contributed by atoms with Crippen LogP contribution in [0.4, 0.5) is 5.69 Å². The minimum Gasteiger partial charge on any atom is -0.508 e. The first kappa shape index (κ1) is 16.4. The molecular formula is C21H25NO2. The summed E-state index contributed by atoms with van der Waals surface area (Å²) in [4.78, 5) is 2.25. The molecule has 24 heavy (non-hydrogen) atoms. The predicted molar refractivity (Wildman–Crippen MR) is 99.2 cm³/mol. The first-order chi connectivity index (χ1) is 11.4. The maximum atomic E-state index is 9.80. The zero-order valence-corrected chi connectivity index (χ0v) is 14.7. The molecule has 0 aliphatic carbocycles. The molecule has 1 atom stereocenters. The van der Waals surface area contributed by atoms with Crippen LogP contribution in [0.2, 0.25) is 0 Å². The van der Waals surface area contributed by atoms with Crippen LogP contribution in [0.3, 0.4) is 0 Å². The highest BCUT2D eigenvalue weighted by Crippen LogP contribution is 2.37. The highest BCUT2D eigenvalue weighted by atomic mass is 16.5. The second-order valence-corrected chi connectivity index (χ2v) is 6.86. The summed E-state index contributed by atoms with van der Waals surface area (Å²) in [5.41, 5.74) is 5.94. The molecule has 1 heterocycles. The lowest BCUT2D eigenvalue weighted by Gasteiger charge is -2.37. The number of aromatic hydroxyl groups is 1. The Morgan fingerprint density at radius 2 is 2.04 bits per heavy atom. The van der Waals surface area contributed by atoms with Crippen LogP contribution >= 0.6 is 0 Å². The molecule has 3 nitrogen and oxygen atoms in total. The summed E-state index contributed by atoms with van der Waals surface area (Å²) in [5, 5.41) is 9.80. The maximum Gasteiger partial charge on any atom is 0.143 e. The van der Waals surface area contributed by atoms with E-state index in [0.29, 0.717) is 0 Å². The summed E-state index contributed by atoms with van der Waals surface area (Å²) in [7, 11) is 0. The second kappa shape index (κ2) is 6.60. The van der Waals surface area contributed by atoms with Gasteiger partial charge in [-0.15, -0.1) is 0 Å². The summed E-state index contributed by atoms with van der Waals surface area (Å²) in [6, 6.07) is 11.9. The third kappa shape index (κ3) is 3.56. The Bertz CT molecular complexity index is 766. The van der Waals surface area contributed by atoms with Gasteiger partial charge in [-0.3, -0.25) is 0 Å². The predicted octanol–water partition coefficient (Wildman–Crippen LogP) is 4.40. The molecule has 0 aromatic heterocycles. The van der Waals surface area contributed by atoms with E-state index in [1.165, 1.54) is 16.7 Å². The average Bonchev–Trinajstić information content (AvgIpc) is 2.51. The lowest BCUT2D eigenvalue weighted by Crippen LogP contribution is -2.42. The summed E-state index contributed by atoms with van der Waals surface area (Å²) >= 11 is 0. The van der Waals surface area contributed by atoms with Gasteiger partial charge in [-0.05, 0) is 44.0 Å². The number of rotatable bonds is 4. The molecule has 0 spiro atoms. The fourth-order valence-corrected chi connectivity index (χ4v) is 3.26. The molecule has 1 aliphatic rings. The van der Waals surface area contributed by atoms with Gasteiger partial charge in [0.1, 0.15) is 17.6 Å². The first-order valence-corrected chi connectivity index (χ1v) is 8.37. The van der Waals surface area contributed by atoms with Gasteiger partial charge in [0.15, 0.2) is 0 Å². The number of hydrogen-bond acceptors (Lipinski definition) is 3. The molecule has 0 radical (unpaired) electrons. The van der Waals surface area contributed by atoms with E-state index in [1.54, 1.807) is 12.1 Å². The van der Waals surface area contributed by atoms with Crippen molar-refractivity contribution in [2.45, 2.75) is 33.3 Å². The van der Waals surface area contributed by atoms with Gasteiger partial charge < -0.3 is 14.7 Å². The van der Waals surface area contributed by atoms with E-state index in [4.69, 9.17) is 4.74 Å². The normalized spacial score (nSPS) is 16.5. The van der Waals surface area contributed by atoms with Gasteiger partial charge in [0, 0.05) is 19.0 Å². The molecule has 1 aliphatic heterocycles. The van der Waals surface area contributed by atoms with E-state index in [-0.39, 0.29) is 11.9 Å². The van der Waals surface area contributed by atoms with E-state index in [2.05, 4.69) is 43.5 Å². The van der Waals surface area contributed by atoms with Crippen molar-refractivity contribution >= 4 is 5.69 Å². The van der Waals surface area contributed by atoms with Crippen LogP contribution in [0.15, 0.2) is 48.6 Å². The van der Waals surface area contributed by atoms with Gasteiger partial charge in [0.05, 0.1) is 12.2 Å². The standard InChI is InChI=1S/C21H25NO2/c1-14(2)12-22-13-19(10-17-9-15(3)5-6-16(17)4)24-21-8-7-18(23)11-20(21)22/h5-9,11,19,23H,1,10,12-13H2,2-4H3. The highest BCUT2D eigenvalue weighted by molar-refractivity contribution is 5.63. The molecule has 1 N–H and O–H groups in total. The second-order valence-electron chi connectivity index (χ2n) is 6.86. The number of ether oxygens (including phenoxy) is 1.